The Morgan fingerprint density at radius 2 is 2.20 bits per heavy atom. The van der Waals surface area contributed by atoms with Crippen LogP contribution in [0.4, 0.5) is 0 Å². The number of primary amides is 1. The lowest BCUT2D eigenvalue weighted by atomic mass is 10.2. The highest BCUT2D eigenvalue weighted by Gasteiger charge is 2.40. The zero-order valence-electron chi connectivity index (χ0n) is 10.7. The number of thiophene rings is 1. The van der Waals surface area contributed by atoms with Crippen LogP contribution in [0.1, 0.15) is 22.5 Å². The molecule has 0 aromatic carbocycles. The molecule has 1 saturated heterocycles. The molecule has 0 aliphatic carbocycles. The third-order valence-corrected chi connectivity index (χ3v) is 6.09. The summed E-state index contributed by atoms with van der Waals surface area (Å²) in [5.41, 5.74) is 5.23. The van der Waals surface area contributed by atoms with Crippen molar-refractivity contribution in [3.63, 3.8) is 0 Å². The van der Waals surface area contributed by atoms with Gasteiger partial charge in [0.05, 0.1) is 7.11 Å². The Labute approximate surface area is 120 Å². The number of carbonyl (C=O) groups is 2. The number of nitrogens with zero attached hydrogens (tertiary/aromatic N) is 1. The first-order valence-electron chi connectivity index (χ1n) is 5.86. The van der Waals surface area contributed by atoms with Crippen LogP contribution in [0.2, 0.25) is 0 Å². The van der Waals surface area contributed by atoms with Crippen molar-refractivity contribution in [3.05, 3.63) is 16.3 Å². The highest BCUT2D eigenvalue weighted by Crippen LogP contribution is 2.30. The van der Waals surface area contributed by atoms with Crippen LogP contribution in [0.5, 0.6) is 0 Å². The van der Waals surface area contributed by atoms with E-state index in [1.54, 1.807) is 0 Å². The summed E-state index contributed by atoms with van der Waals surface area (Å²) in [6, 6.07) is 0.480. The van der Waals surface area contributed by atoms with Crippen LogP contribution in [0.25, 0.3) is 0 Å². The summed E-state index contributed by atoms with van der Waals surface area (Å²) < 4.78 is 30.8. The molecule has 1 aliphatic rings. The maximum Gasteiger partial charge on any atom is 0.349 e. The normalized spacial score (nSPS) is 19.9. The molecule has 2 N–H and O–H groups in total. The Morgan fingerprint density at radius 1 is 1.50 bits per heavy atom. The predicted octanol–water partition coefficient (Wildman–Crippen LogP) is 0.173. The Hall–Kier alpha value is -1.45. The maximum absolute atomic E-state index is 12.6. The Bertz CT molecular complexity index is 637. The number of esters is 1. The molecule has 0 radical (unpaired) electrons. The van der Waals surface area contributed by atoms with Crippen molar-refractivity contribution >= 4 is 33.2 Å². The van der Waals surface area contributed by atoms with E-state index in [2.05, 4.69) is 4.74 Å². The van der Waals surface area contributed by atoms with Crippen molar-refractivity contribution < 1.29 is 22.7 Å². The summed E-state index contributed by atoms with van der Waals surface area (Å²) >= 11 is 0.981. The van der Waals surface area contributed by atoms with Crippen LogP contribution < -0.4 is 5.73 Å². The van der Waals surface area contributed by atoms with Crippen LogP contribution in [0.15, 0.2) is 16.3 Å². The first kappa shape index (κ1) is 14.9. The van der Waals surface area contributed by atoms with Gasteiger partial charge < -0.3 is 10.5 Å². The van der Waals surface area contributed by atoms with Crippen molar-refractivity contribution in [2.75, 3.05) is 13.7 Å². The maximum atomic E-state index is 12.6. The number of nitrogens with two attached hydrogens (primary N) is 1. The second-order valence-corrected chi connectivity index (χ2v) is 7.06. The van der Waals surface area contributed by atoms with Crippen LogP contribution in [0, 0.1) is 0 Å². The molecule has 1 aromatic heterocycles. The van der Waals surface area contributed by atoms with E-state index in [1.165, 1.54) is 18.6 Å². The lowest BCUT2D eigenvalue weighted by molar-refractivity contribution is -0.121. The fraction of sp³-hybridized carbons (Fsp3) is 0.455. The summed E-state index contributed by atoms with van der Waals surface area (Å²) in [4.78, 5) is 22.8. The molecule has 2 rings (SSSR count). The summed E-state index contributed by atoms with van der Waals surface area (Å²) in [5, 5.41) is 1.49. The minimum atomic E-state index is -3.93. The van der Waals surface area contributed by atoms with Gasteiger partial charge in [0, 0.05) is 6.54 Å². The highest BCUT2D eigenvalue weighted by molar-refractivity contribution is 7.89. The molecule has 1 fully saturated rings. The SMILES string of the molecule is COC(=O)c1sccc1S(=O)(=O)N1CCC[C@@H]1C(N)=O. The van der Waals surface area contributed by atoms with Gasteiger partial charge in [-0.25, -0.2) is 13.2 Å². The molecule has 7 nitrogen and oxygen atoms in total. The summed E-state index contributed by atoms with van der Waals surface area (Å²) in [5.74, 6) is -1.39. The summed E-state index contributed by atoms with van der Waals surface area (Å²) in [7, 11) is -2.75. The van der Waals surface area contributed by atoms with Gasteiger partial charge in [0.1, 0.15) is 15.8 Å². The van der Waals surface area contributed by atoms with Crippen molar-refractivity contribution in [2.45, 2.75) is 23.8 Å². The molecule has 110 valence electrons. The van der Waals surface area contributed by atoms with E-state index in [0.717, 1.165) is 15.6 Å². The fourth-order valence-corrected chi connectivity index (χ4v) is 5.16. The van der Waals surface area contributed by atoms with Crippen molar-refractivity contribution in [1.82, 2.24) is 4.31 Å². The molecule has 1 atom stereocenters. The topological polar surface area (TPSA) is 107 Å². The van der Waals surface area contributed by atoms with Crippen molar-refractivity contribution in [2.24, 2.45) is 5.73 Å². The van der Waals surface area contributed by atoms with Crippen molar-refractivity contribution in [3.8, 4) is 0 Å². The van der Waals surface area contributed by atoms with Gasteiger partial charge in [-0.2, -0.15) is 4.31 Å². The highest BCUT2D eigenvalue weighted by atomic mass is 32.2. The molecule has 0 unspecified atom stereocenters. The summed E-state index contributed by atoms with van der Waals surface area (Å²) in [6.45, 7) is 0.215. The lowest BCUT2D eigenvalue weighted by Crippen LogP contribution is -2.43. The van der Waals surface area contributed by atoms with E-state index in [4.69, 9.17) is 5.73 Å². The van der Waals surface area contributed by atoms with Crippen LogP contribution in [-0.2, 0) is 19.6 Å². The lowest BCUT2D eigenvalue weighted by Gasteiger charge is -2.21. The average Bonchev–Trinajstić information content (AvgIpc) is 3.06. The molecule has 2 heterocycles. The molecular formula is C11H14N2O5S2. The third-order valence-electron chi connectivity index (χ3n) is 3.12. The Morgan fingerprint density at radius 3 is 2.80 bits per heavy atom. The second kappa shape index (κ2) is 5.51. The number of hydrogen-bond donors (Lipinski definition) is 1. The van der Waals surface area contributed by atoms with E-state index in [9.17, 15) is 18.0 Å². The van der Waals surface area contributed by atoms with Crippen LogP contribution >= 0.6 is 11.3 Å². The number of rotatable bonds is 4. The van der Waals surface area contributed by atoms with Crippen LogP contribution in [0.3, 0.4) is 0 Å². The molecule has 0 bridgehead atoms. The average molecular weight is 318 g/mol. The predicted molar refractivity (Wildman–Crippen MR) is 71.8 cm³/mol. The van der Waals surface area contributed by atoms with Gasteiger partial charge in [0.25, 0.3) is 0 Å². The molecule has 0 saturated carbocycles. The van der Waals surface area contributed by atoms with E-state index in [-0.39, 0.29) is 16.3 Å². The van der Waals surface area contributed by atoms with E-state index >= 15 is 0 Å². The third kappa shape index (κ3) is 2.43. The molecule has 1 aromatic rings. The Kier molecular flexibility index (Phi) is 4.11. The standard InChI is InChI=1S/C11H14N2O5S2/c1-18-11(15)9-8(4-6-19-9)20(16,17)13-5-2-3-7(13)10(12)14/h4,6-7H,2-3,5H2,1H3,(H2,12,14)/t7-/m1/s1. The minimum absolute atomic E-state index is 0.00243. The number of carbonyl (C=O) groups excluding carboxylic acids is 2. The van der Waals surface area contributed by atoms with Gasteiger partial charge in [-0.15, -0.1) is 11.3 Å². The molecule has 0 spiro atoms. The van der Waals surface area contributed by atoms with Gasteiger partial charge in [0.2, 0.25) is 15.9 Å². The van der Waals surface area contributed by atoms with E-state index in [1.807, 2.05) is 0 Å². The monoisotopic (exact) mass is 318 g/mol. The molecular weight excluding hydrogens is 304 g/mol. The second-order valence-electron chi connectivity index (χ2n) is 4.28. The zero-order valence-corrected chi connectivity index (χ0v) is 12.4. The van der Waals surface area contributed by atoms with Crippen molar-refractivity contribution in [1.29, 1.82) is 0 Å². The largest absolute Gasteiger partial charge is 0.465 e. The minimum Gasteiger partial charge on any atom is -0.465 e. The molecule has 1 aliphatic heterocycles. The number of hydrogen-bond acceptors (Lipinski definition) is 6. The molecule has 20 heavy (non-hydrogen) atoms. The van der Waals surface area contributed by atoms with Gasteiger partial charge in [-0.1, -0.05) is 0 Å². The van der Waals surface area contributed by atoms with E-state index in [0.29, 0.717) is 12.8 Å². The quantitative estimate of drug-likeness (QED) is 0.797. The molecule has 9 heteroatoms. The van der Waals surface area contributed by atoms with Crippen LogP contribution in [-0.4, -0.2) is 44.3 Å². The van der Waals surface area contributed by atoms with Gasteiger partial charge in [-0.05, 0) is 24.3 Å². The van der Waals surface area contributed by atoms with Gasteiger partial charge >= 0.3 is 5.97 Å². The first-order valence-corrected chi connectivity index (χ1v) is 8.18. The number of sulfonamides is 1. The number of amides is 1. The smallest absolute Gasteiger partial charge is 0.349 e. The van der Waals surface area contributed by atoms with Gasteiger partial charge in [0.15, 0.2) is 0 Å². The fourth-order valence-electron chi connectivity index (χ4n) is 2.18. The van der Waals surface area contributed by atoms with E-state index < -0.39 is 27.9 Å². The van der Waals surface area contributed by atoms with Gasteiger partial charge in [-0.3, -0.25) is 4.79 Å². The Balaban J connectivity index is 2.43. The summed E-state index contributed by atoms with van der Waals surface area (Å²) in [6.07, 6.45) is 0.955. The first-order chi connectivity index (χ1) is 9.39. The zero-order chi connectivity index (χ0) is 14.9. The number of methoxy groups -OCH3 is 1. The molecule has 1 amide bonds. The number of ether oxygens (including phenoxy) is 1.